The standard InChI is InChI=1S/C20H14F6N2O4/c1-10-7-12(18(30)31-2)8-14-27-16(20(24,25)26)15(17(29)28(10)14)11-3-5-13(6-4-11)32-9-19(21,22)23/h3-8H,9H2,1-2H3. The van der Waals surface area contributed by atoms with Crippen molar-refractivity contribution >= 4 is 11.6 Å². The van der Waals surface area contributed by atoms with Gasteiger partial charge < -0.3 is 9.47 Å². The van der Waals surface area contributed by atoms with Crippen LogP contribution in [0.15, 0.2) is 41.2 Å². The van der Waals surface area contributed by atoms with Crippen LogP contribution >= 0.6 is 0 Å². The van der Waals surface area contributed by atoms with Gasteiger partial charge in [0.2, 0.25) is 0 Å². The summed E-state index contributed by atoms with van der Waals surface area (Å²) >= 11 is 0. The maximum absolute atomic E-state index is 13.7. The number of methoxy groups -OCH3 is 1. The van der Waals surface area contributed by atoms with Gasteiger partial charge in [0.15, 0.2) is 12.3 Å². The molecule has 0 radical (unpaired) electrons. The highest BCUT2D eigenvalue weighted by Crippen LogP contribution is 2.35. The van der Waals surface area contributed by atoms with Crippen LogP contribution in [-0.2, 0) is 10.9 Å². The number of aromatic nitrogens is 2. The Morgan fingerprint density at radius 3 is 2.22 bits per heavy atom. The molecule has 3 aromatic rings. The lowest BCUT2D eigenvalue weighted by Crippen LogP contribution is -2.26. The lowest BCUT2D eigenvalue weighted by Gasteiger charge is -2.16. The summed E-state index contributed by atoms with van der Waals surface area (Å²) in [6.07, 6.45) is -9.63. The van der Waals surface area contributed by atoms with Gasteiger partial charge in [0.25, 0.3) is 5.56 Å². The molecule has 2 aromatic heterocycles. The Kier molecular flexibility index (Phi) is 5.90. The Morgan fingerprint density at radius 1 is 1.06 bits per heavy atom. The lowest BCUT2D eigenvalue weighted by atomic mass is 10.0. The number of carbonyl (C=O) groups is 1. The summed E-state index contributed by atoms with van der Waals surface area (Å²) in [5.74, 6) is -1.07. The van der Waals surface area contributed by atoms with Crippen molar-refractivity contribution in [1.29, 1.82) is 0 Å². The second-order valence-corrected chi connectivity index (χ2v) is 6.64. The first-order valence-corrected chi connectivity index (χ1v) is 8.84. The van der Waals surface area contributed by atoms with E-state index < -0.39 is 47.4 Å². The average molecular weight is 460 g/mol. The van der Waals surface area contributed by atoms with Crippen LogP contribution in [0.2, 0.25) is 0 Å². The van der Waals surface area contributed by atoms with Gasteiger partial charge in [0.05, 0.1) is 18.2 Å². The molecule has 0 saturated heterocycles. The number of hydrogen-bond acceptors (Lipinski definition) is 5. The molecule has 0 N–H and O–H groups in total. The highest BCUT2D eigenvalue weighted by Gasteiger charge is 2.38. The van der Waals surface area contributed by atoms with Gasteiger partial charge in [-0.1, -0.05) is 12.1 Å². The van der Waals surface area contributed by atoms with E-state index in [4.69, 9.17) is 0 Å². The monoisotopic (exact) mass is 460 g/mol. The summed E-state index contributed by atoms with van der Waals surface area (Å²) in [5.41, 5.74) is -3.99. The van der Waals surface area contributed by atoms with Crippen LogP contribution in [0.3, 0.4) is 0 Å². The van der Waals surface area contributed by atoms with Gasteiger partial charge in [0.1, 0.15) is 11.4 Å². The first kappa shape index (κ1) is 23.1. The number of halogens is 6. The highest BCUT2D eigenvalue weighted by atomic mass is 19.4. The van der Waals surface area contributed by atoms with Gasteiger partial charge in [-0.05, 0) is 36.8 Å². The predicted molar refractivity (Wildman–Crippen MR) is 99.5 cm³/mol. The maximum Gasteiger partial charge on any atom is 0.434 e. The van der Waals surface area contributed by atoms with E-state index >= 15 is 0 Å². The third-order valence-corrected chi connectivity index (χ3v) is 4.35. The lowest BCUT2D eigenvalue weighted by molar-refractivity contribution is -0.153. The number of hydrogen-bond donors (Lipinski definition) is 0. The molecule has 0 aliphatic heterocycles. The summed E-state index contributed by atoms with van der Waals surface area (Å²) in [5, 5.41) is 0. The molecule has 0 bridgehead atoms. The van der Waals surface area contributed by atoms with Crippen molar-refractivity contribution in [2.75, 3.05) is 13.7 Å². The molecule has 12 heteroatoms. The fourth-order valence-electron chi connectivity index (χ4n) is 3.03. The fourth-order valence-corrected chi connectivity index (χ4v) is 3.03. The number of ether oxygens (including phenoxy) is 2. The van der Waals surface area contributed by atoms with Crippen molar-refractivity contribution in [1.82, 2.24) is 9.38 Å². The van der Waals surface area contributed by atoms with E-state index in [0.717, 1.165) is 41.8 Å². The predicted octanol–water partition coefficient (Wildman–Crippen LogP) is 4.42. The van der Waals surface area contributed by atoms with Crippen LogP contribution in [0, 0.1) is 6.92 Å². The molecule has 6 nitrogen and oxygen atoms in total. The van der Waals surface area contributed by atoms with Crippen LogP contribution < -0.4 is 10.3 Å². The molecule has 0 aliphatic carbocycles. The second-order valence-electron chi connectivity index (χ2n) is 6.64. The summed E-state index contributed by atoms with van der Waals surface area (Å²) in [6, 6.07) is 6.35. The van der Waals surface area contributed by atoms with Crippen molar-refractivity contribution in [3.8, 4) is 16.9 Å². The summed E-state index contributed by atoms with van der Waals surface area (Å²) < 4.78 is 88.1. The zero-order valence-electron chi connectivity index (χ0n) is 16.5. The summed E-state index contributed by atoms with van der Waals surface area (Å²) in [4.78, 5) is 28.4. The number of aryl methyl sites for hydroxylation is 1. The summed E-state index contributed by atoms with van der Waals surface area (Å²) in [6.45, 7) is -0.185. The van der Waals surface area contributed by atoms with Crippen LogP contribution in [0.25, 0.3) is 16.8 Å². The molecule has 0 atom stereocenters. The number of benzene rings is 1. The van der Waals surface area contributed by atoms with Crippen LogP contribution in [-0.4, -0.2) is 35.2 Å². The smallest absolute Gasteiger partial charge is 0.434 e. The first-order chi connectivity index (χ1) is 14.8. The van der Waals surface area contributed by atoms with E-state index in [1.807, 2.05) is 0 Å². The van der Waals surface area contributed by atoms with E-state index in [1.54, 1.807) is 0 Å². The van der Waals surface area contributed by atoms with Gasteiger partial charge >= 0.3 is 18.3 Å². The molecular formula is C20H14F6N2O4. The number of rotatable bonds is 4. The van der Waals surface area contributed by atoms with E-state index in [2.05, 4.69) is 14.5 Å². The van der Waals surface area contributed by atoms with E-state index in [-0.39, 0.29) is 22.6 Å². The van der Waals surface area contributed by atoms with Crippen LogP contribution in [0.5, 0.6) is 5.75 Å². The zero-order valence-corrected chi connectivity index (χ0v) is 16.5. The quantitative estimate of drug-likeness (QED) is 0.426. The third-order valence-electron chi connectivity index (χ3n) is 4.35. The van der Waals surface area contributed by atoms with Crippen molar-refractivity contribution < 1.29 is 40.6 Å². The van der Waals surface area contributed by atoms with Gasteiger partial charge in [-0.3, -0.25) is 9.20 Å². The number of fused-ring (bicyclic) bond motifs is 1. The Morgan fingerprint density at radius 2 is 1.69 bits per heavy atom. The van der Waals surface area contributed by atoms with Crippen LogP contribution in [0.4, 0.5) is 26.3 Å². The minimum absolute atomic E-state index is 0.0936. The molecule has 170 valence electrons. The molecule has 0 fully saturated rings. The van der Waals surface area contributed by atoms with E-state index in [1.165, 1.54) is 13.0 Å². The topological polar surface area (TPSA) is 69.9 Å². The van der Waals surface area contributed by atoms with E-state index in [9.17, 15) is 35.9 Å². The third kappa shape index (κ3) is 4.68. The minimum atomic E-state index is -5.04. The first-order valence-electron chi connectivity index (χ1n) is 8.84. The molecule has 0 saturated carbocycles. The maximum atomic E-state index is 13.7. The van der Waals surface area contributed by atoms with Gasteiger partial charge in [-0.15, -0.1) is 0 Å². The minimum Gasteiger partial charge on any atom is -0.484 e. The average Bonchev–Trinajstić information content (AvgIpc) is 2.70. The zero-order chi connectivity index (χ0) is 23.8. The Labute approximate surface area is 176 Å². The molecule has 0 aliphatic rings. The Bertz CT molecular complexity index is 1230. The highest BCUT2D eigenvalue weighted by molar-refractivity contribution is 5.90. The number of nitrogens with zero attached hydrogens (tertiary/aromatic N) is 2. The van der Waals surface area contributed by atoms with E-state index in [0.29, 0.717) is 0 Å². The Balaban J connectivity index is 2.20. The number of alkyl halides is 6. The van der Waals surface area contributed by atoms with Crippen LogP contribution in [0.1, 0.15) is 21.7 Å². The second kappa shape index (κ2) is 8.17. The SMILES string of the molecule is COC(=O)c1cc(C)n2c(=O)c(-c3ccc(OCC(F)(F)F)cc3)c(C(F)(F)F)nc2c1. The molecule has 0 spiro atoms. The largest absolute Gasteiger partial charge is 0.484 e. The van der Waals surface area contributed by atoms with Gasteiger partial charge in [0, 0.05) is 5.69 Å². The molecule has 0 amide bonds. The number of pyridine rings is 1. The van der Waals surface area contributed by atoms with Crippen molar-refractivity contribution in [2.24, 2.45) is 0 Å². The van der Waals surface area contributed by atoms with Crippen molar-refractivity contribution in [3.05, 3.63) is 63.7 Å². The number of carbonyl (C=O) groups excluding carboxylic acids is 1. The molecule has 32 heavy (non-hydrogen) atoms. The molecule has 0 unspecified atom stereocenters. The molecule has 2 heterocycles. The molecule has 3 rings (SSSR count). The number of esters is 1. The molecular weight excluding hydrogens is 446 g/mol. The Hall–Kier alpha value is -3.57. The van der Waals surface area contributed by atoms with Gasteiger partial charge in [-0.25, -0.2) is 9.78 Å². The molecule has 1 aromatic carbocycles. The van der Waals surface area contributed by atoms with Crippen molar-refractivity contribution in [3.63, 3.8) is 0 Å². The normalized spacial score (nSPS) is 12.1. The van der Waals surface area contributed by atoms with Crippen molar-refractivity contribution in [2.45, 2.75) is 19.3 Å². The van der Waals surface area contributed by atoms with Gasteiger partial charge in [-0.2, -0.15) is 26.3 Å². The fraction of sp³-hybridized carbons (Fsp3) is 0.250. The summed E-state index contributed by atoms with van der Waals surface area (Å²) in [7, 11) is 1.09.